The number of aryl methyl sites for hydroxylation is 1. The van der Waals surface area contributed by atoms with Crippen LogP contribution in [0.3, 0.4) is 0 Å². The van der Waals surface area contributed by atoms with Crippen molar-refractivity contribution in [2.24, 2.45) is 10.8 Å². The van der Waals surface area contributed by atoms with Gasteiger partial charge >= 0.3 is 11.4 Å². The highest BCUT2D eigenvalue weighted by Crippen LogP contribution is 2.35. The second kappa shape index (κ2) is 6.06. The van der Waals surface area contributed by atoms with Gasteiger partial charge in [-0.15, -0.1) is 0 Å². The molecule has 0 aliphatic carbocycles. The van der Waals surface area contributed by atoms with E-state index >= 15 is 0 Å². The average molecular weight is 291 g/mol. The number of anilines is 1. The molecule has 0 spiro atoms. The van der Waals surface area contributed by atoms with E-state index in [1.54, 1.807) is 0 Å². The third kappa shape index (κ3) is 3.47. The molecular weight excluding hydrogens is 282 g/mol. The monoisotopic (exact) mass is 291 g/mol. The second-order valence-corrected chi connectivity index (χ2v) is 3.79. The maximum absolute atomic E-state index is 11.0. The first-order valence-electron chi connectivity index (χ1n) is 5.29. The van der Waals surface area contributed by atoms with Crippen LogP contribution in [0, 0.1) is 43.9 Å². The predicted molar refractivity (Wildman–Crippen MR) is 73.1 cm³/mol. The van der Waals surface area contributed by atoms with Crippen LogP contribution in [-0.4, -0.2) is 21.4 Å². The first-order chi connectivity index (χ1) is 9.77. The van der Waals surface area contributed by atoms with Gasteiger partial charge in [0, 0.05) is 12.1 Å². The quantitative estimate of drug-likeness (QED) is 0.313. The number of hydrazone groups is 1. The second-order valence-electron chi connectivity index (χ2n) is 3.79. The smallest absolute Gasteiger partial charge is 0.301 e. The summed E-state index contributed by atoms with van der Waals surface area (Å²) in [6.07, 6.45) is 0. The largest absolute Gasteiger partial charge is 0.382 e. The molecule has 0 saturated heterocycles. The minimum atomic E-state index is -0.822. The molecule has 0 aliphatic rings. The molecule has 0 atom stereocenters. The first-order valence-corrected chi connectivity index (χ1v) is 5.29. The molecule has 0 bridgehead atoms. The van der Waals surface area contributed by atoms with E-state index < -0.39 is 38.5 Å². The van der Waals surface area contributed by atoms with Gasteiger partial charge in [0.25, 0.3) is 0 Å². The number of nitro benzene ring substituents is 2. The molecule has 0 aliphatic heterocycles. The van der Waals surface area contributed by atoms with Crippen LogP contribution < -0.4 is 11.2 Å². The van der Waals surface area contributed by atoms with Crippen molar-refractivity contribution in [2.75, 3.05) is 5.43 Å². The molecule has 108 valence electrons. The van der Waals surface area contributed by atoms with Gasteiger partial charge in [0.2, 0.25) is 11.4 Å². The number of nitrogens with two attached hydrogens (primary N) is 1. The Bertz CT molecular complexity index is 669. The highest BCUT2D eigenvalue weighted by Gasteiger charge is 2.26. The van der Waals surface area contributed by atoms with Gasteiger partial charge in [-0.1, -0.05) is 0 Å². The summed E-state index contributed by atoms with van der Waals surface area (Å²) in [5.41, 5.74) is 5.23. The summed E-state index contributed by atoms with van der Waals surface area (Å²) in [5.74, 6) is -0.678. The summed E-state index contributed by atoms with van der Waals surface area (Å²) in [6, 6.07) is 3.71. The molecule has 0 fully saturated rings. The van der Waals surface area contributed by atoms with Crippen LogP contribution in [0.1, 0.15) is 5.56 Å². The Kier molecular flexibility index (Phi) is 4.48. The fourth-order valence-corrected chi connectivity index (χ4v) is 1.41. The van der Waals surface area contributed by atoms with E-state index in [2.05, 4.69) is 10.5 Å². The first kappa shape index (κ1) is 15.5. The van der Waals surface area contributed by atoms with Crippen molar-refractivity contribution in [3.63, 3.8) is 0 Å². The van der Waals surface area contributed by atoms with Crippen molar-refractivity contribution in [1.29, 1.82) is 10.7 Å². The Balaban J connectivity index is 3.46. The summed E-state index contributed by atoms with van der Waals surface area (Å²) in [4.78, 5) is 20.3. The van der Waals surface area contributed by atoms with E-state index in [0.717, 1.165) is 12.1 Å². The normalized spacial score (nSPS) is 10.6. The van der Waals surface area contributed by atoms with Crippen LogP contribution in [0.15, 0.2) is 17.2 Å². The number of hydrogen-bond acceptors (Lipinski definition) is 8. The number of amidine groups is 1. The van der Waals surface area contributed by atoms with E-state index in [-0.39, 0.29) is 0 Å². The molecule has 1 rings (SSSR count). The topological polar surface area (TPSA) is 184 Å². The highest BCUT2D eigenvalue weighted by molar-refractivity contribution is 6.45. The minimum Gasteiger partial charge on any atom is -0.382 e. The van der Waals surface area contributed by atoms with Gasteiger partial charge in [-0.2, -0.15) is 10.4 Å². The lowest BCUT2D eigenvalue weighted by Gasteiger charge is -2.05. The van der Waals surface area contributed by atoms with Gasteiger partial charge < -0.3 is 5.73 Å². The van der Waals surface area contributed by atoms with Crippen LogP contribution in [0.25, 0.3) is 0 Å². The van der Waals surface area contributed by atoms with Gasteiger partial charge in [0.15, 0.2) is 5.84 Å². The molecular formula is C10H9N7O4. The Morgan fingerprint density at radius 1 is 1.38 bits per heavy atom. The summed E-state index contributed by atoms with van der Waals surface area (Å²) < 4.78 is 0. The molecule has 0 saturated carbocycles. The number of rotatable bonds is 5. The van der Waals surface area contributed by atoms with Crippen LogP contribution >= 0.6 is 0 Å². The molecule has 4 N–H and O–H groups in total. The van der Waals surface area contributed by atoms with Crippen molar-refractivity contribution >= 4 is 28.6 Å². The van der Waals surface area contributed by atoms with Gasteiger partial charge in [-0.3, -0.25) is 31.1 Å². The average Bonchev–Trinajstić information content (AvgIpc) is 2.39. The van der Waals surface area contributed by atoms with Crippen LogP contribution in [-0.2, 0) is 0 Å². The molecule has 0 unspecified atom stereocenters. The number of nitrogens with one attached hydrogen (secondary N) is 2. The summed E-state index contributed by atoms with van der Waals surface area (Å²) in [7, 11) is 0. The summed E-state index contributed by atoms with van der Waals surface area (Å²) in [6.45, 7) is 1.46. The van der Waals surface area contributed by atoms with Gasteiger partial charge in [0.1, 0.15) is 6.07 Å². The zero-order chi connectivity index (χ0) is 16.2. The lowest BCUT2D eigenvalue weighted by atomic mass is 10.1. The van der Waals surface area contributed by atoms with Crippen molar-refractivity contribution in [3.8, 4) is 6.07 Å². The molecule has 21 heavy (non-hydrogen) atoms. The van der Waals surface area contributed by atoms with E-state index in [1.165, 1.54) is 13.0 Å². The standard InChI is InChI=1S/C10H9N7O4/c1-5-2-7(16(18)19)9(8(3-5)17(20)21)15-14-6(4-11)10(12)13/h2-3,15H,1H3,(H3,12,13)/b14-6+. The van der Waals surface area contributed by atoms with Gasteiger partial charge in [0.05, 0.1) is 9.85 Å². The molecule has 1 aromatic rings. The van der Waals surface area contributed by atoms with Crippen molar-refractivity contribution in [3.05, 3.63) is 37.9 Å². The maximum atomic E-state index is 11.0. The Labute approximate surface area is 117 Å². The minimum absolute atomic E-state index is 0.315. The predicted octanol–water partition coefficient (Wildman–Crippen LogP) is 1.04. The van der Waals surface area contributed by atoms with Crippen molar-refractivity contribution < 1.29 is 9.85 Å². The van der Waals surface area contributed by atoms with E-state index in [1.807, 2.05) is 0 Å². The molecule has 11 nitrogen and oxygen atoms in total. The zero-order valence-electron chi connectivity index (χ0n) is 10.7. The third-order valence-corrected chi connectivity index (χ3v) is 2.27. The Hall–Kier alpha value is -3.55. The number of nitriles is 1. The number of benzene rings is 1. The zero-order valence-corrected chi connectivity index (χ0v) is 10.7. The number of nitrogens with zero attached hydrogens (tertiary/aromatic N) is 4. The number of hydrogen-bond donors (Lipinski definition) is 3. The maximum Gasteiger partial charge on any atom is 0.301 e. The fourth-order valence-electron chi connectivity index (χ4n) is 1.41. The molecule has 0 heterocycles. The van der Waals surface area contributed by atoms with E-state index in [4.69, 9.17) is 16.4 Å². The molecule has 0 radical (unpaired) electrons. The summed E-state index contributed by atoms with van der Waals surface area (Å²) in [5, 5.41) is 41.0. The van der Waals surface area contributed by atoms with E-state index in [9.17, 15) is 20.2 Å². The SMILES string of the molecule is Cc1cc([N+](=O)[O-])c(N/N=C(\C#N)C(=N)N)c([N+](=O)[O-])c1. The summed E-state index contributed by atoms with van der Waals surface area (Å²) >= 11 is 0. The molecule has 0 aromatic heterocycles. The Morgan fingerprint density at radius 2 is 1.86 bits per heavy atom. The third-order valence-electron chi connectivity index (χ3n) is 2.27. The fraction of sp³-hybridized carbons (Fsp3) is 0.100. The number of nitro groups is 2. The highest BCUT2D eigenvalue weighted by atomic mass is 16.6. The molecule has 11 heteroatoms. The van der Waals surface area contributed by atoms with Crippen LogP contribution in [0.5, 0.6) is 0 Å². The lowest BCUT2D eigenvalue weighted by Crippen LogP contribution is -2.22. The van der Waals surface area contributed by atoms with Crippen LogP contribution in [0.4, 0.5) is 17.1 Å². The van der Waals surface area contributed by atoms with Crippen molar-refractivity contribution in [1.82, 2.24) is 0 Å². The molecule has 0 amide bonds. The van der Waals surface area contributed by atoms with E-state index in [0.29, 0.717) is 5.56 Å². The van der Waals surface area contributed by atoms with Gasteiger partial charge in [-0.25, -0.2) is 0 Å². The van der Waals surface area contributed by atoms with Gasteiger partial charge in [-0.05, 0) is 12.5 Å². The molecule has 1 aromatic carbocycles. The van der Waals surface area contributed by atoms with Crippen molar-refractivity contribution in [2.45, 2.75) is 6.92 Å². The van der Waals surface area contributed by atoms with Crippen LogP contribution in [0.2, 0.25) is 0 Å². The Morgan fingerprint density at radius 3 is 2.19 bits per heavy atom. The lowest BCUT2D eigenvalue weighted by molar-refractivity contribution is -0.392.